The van der Waals surface area contributed by atoms with Crippen LogP contribution in [-0.4, -0.2) is 36.0 Å². The Hall–Kier alpha value is -1.06. The summed E-state index contributed by atoms with van der Waals surface area (Å²) in [5.41, 5.74) is 0.810. The Balaban J connectivity index is 0.00000120. The third-order valence-corrected chi connectivity index (χ3v) is 3.83. The predicted molar refractivity (Wildman–Crippen MR) is 74.2 cm³/mol. The molecule has 2 saturated heterocycles. The van der Waals surface area contributed by atoms with E-state index >= 15 is 0 Å². The highest BCUT2D eigenvalue weighted by atomic mass is 35.5. The Morgan fingerprint density at radius 2 is 1.83 bits per heavy atom. The molecule has 0 aromatic heterocycles. The summed E-state index contributed by atoms with van der Waals surface area (Å²) in [5.74, 6) is 0.181. The van der Waals surface area contributed by atoms with Crippen LogP contribution in [0.3, 0.4) is 0 Å². The van der Waals surface area contributed by atoms with Gasteiger partial charge in [-0.15, -0.1) is 12.4 Å². The van der Waals surface area contributed by atoms with Gasteiger partial charge < -0.3 is 10.2 Å². The minimum absolute atomic E-state index is 0. The third-order valence-electron chi connectivity index (χ3n) is 3.83. The van der Waals surface area contributed by atoms with Crippen LogP contribution in [-0.2, 0) is 0 Å². The molecule has 2 aliphatic rings. The summed E-state index contributed by atoms with van der Waals surface area (Å²) in [4.78, 5) is 14.3. The predicted octanol–water partition coefficient (Wildman–Crippen LogP) is 2.07. The lowest BCUT2D eigenvalue weighted by atomic mass is 10.1. The van der Waals surface area contributed by atoms with E-state index in [9.17, 15) is 4.79 Å². The molecule has 98 valence electrons. The van der Waals surface area contributed by atoms with Crippen molar-refractivity contribution in [3.63, 3.8) is 0 Å². The van der Waals surface area contributed by atoms with Crippen molar-refractivity contribution in [1.29, 1.82) is 0 Å². The first-order chi connectivity index (χ1) is 8.33. The van der Waals surface area contributed by atoms with Crippen LogP contribution in [0.15, 0.2) is 30.3 Å². The number of hydrogen-bond donors (Lipinski definition) is 1. The molecular formula is C14H19ClN2O. The van der Waals surface area contributed by atoms with Crippen LogP contribution in [0.4, 0.5) is 0 Å². The number of carbonyl (C=O) groups is 1. The maximum absolute atomic E-state index is 12.3. The topological polar surface area (TPSA) is 32.3 Å². The molecule has 0 spiro atoms. The second-order valence-corrected chi connectivity index (χ2v) is 5.04. The van der Waals surface area contributed by atoms with Crippen molar-refractivity contribution < 1.29 is 4.79 Å². The van der Waals surface area contributed by atoms with Crippen molar-refractivity contribution in [3.8, 4) is 0 Å². The maximum atomic E-state index is 12.3. The number of hydrogen-bond acceptors (Lipinski definition) is 2. The molecule has 0 aliphatic carbocycles. The van der Waals surface area contributed by atoms with Crippen LogP contribution in [0.5, 0.6) is 0 Å². The fourth-order valence-corrected chi connectivity index (χ4v) is 2.89. The molecule has 1 amide bonds. The Labute approximate surface area is 114 Å². The lowest BCUT2D eigenvalue weighted by Gasteiger charge is -2.24. The Morgan fingerprint density at radius 1 is 1.11 bits per heavy atom. The molecule has 1 aromatic rings. The second kappa shape index (κ2) is 5.72. The highest BCUT2D eigenvalue weighted by molar-refractivity contribution is 5.94. The van der Waals surface area contributed by atoms with Gasteiger partial charge in [0.15, 0.2) is 0 Å². The summed E-state index contributed by atoms with van der Waals surface area (Å²) >= 11 is 0. The van der Waals surface area contributed by atoms with E-state index in [0.717, 1.165) is 25.1 Å². The average molecular weight is 267 g/mol. The molecular weight excluding hydrogens is 248 g/mol. The van der Waals surface area contributed by atoms with Gasteiger partial charge in [0, 0.05) is 30.7 Å². The van der Waals surface area contributed by atoms with Gasteiger partial charge in [-0.1, -0.05) is 18.2 Å². The molecule has 1 aromatic carbocycles. The van der Waals surface area contributed by atoms with Gasteiger partial charge in [-0.25, -0.2) is 0 Å². The quantitative estimate of drug-likeness (QED) is 0.844. The van der Waals surface area contributed by atoms with Crippen molar-refractivity contribution in [3.05, 3.63) is 35.9 Å². The normalized spacial score (nSPS) is 26.3. The smallest absolute Gasteiger partial charge is 0.253 e. The number of nitrogens with one attached hydrogen (secondary N) is 1. The van der Waals surface area contributed by atoms with E-state index in [1.165, 1.54) is 12.8 Å². The first-order valence-electron chi connectivity index (χ1n) is 6.43. The number of halogens is 1. The SMILES string of the molecule is Cl.O=C(c1ccccc1)N1CCC2CCC(C1)N2. The molecule has 2 heterocycles. The molecule has 2 atom stereocenters. The van der Waals surface area contributed by atoms with Gasteiger partial charge in [0.1, 0.15) is 0 Å². The number of benzene rings is 1. The molecule has 2 aliphatic heterocycles. The summed E-state index contributed by atoms with van der Waals surface area (Å²) < 4.78 is 0. The monoisotopic (exact) mass is 266 g/mol. The zero-order valence-corrected chi connectivity index (χ0v) is 11.2. The van der Waals surface area contributed by atoms with Crippen molar-refractivity contribution >= 4 is 18.3 Å². The summed E-state index contributed by atoms with van der Waals surface area (Å²) in [6.45, 7) is 1.76. The average Bonchev–Trinajstić information content (AvgIpc) is 2.69. The van der Waals surface area contributed by atoms with E-state index in [4.69, 9.17) is 0 Å². The molecule has 4 heteroatoms. The van der Waals surface area contributed by atoms with Crippen LogP contribution in [0, 0.1) is 0 Å². The number of fused-ring (bicyclic) bond motifs is 2. The molecule has 3 rings (SSSR count). The lowest BCUT2D eigenvalue weighted by molar-refractivity contribution is 0.0748. The fourth-order valence-electron chi connectivity index (χ4n) is 2.89. The molecule has 2 unspecified atom stereocenters. The summed E-state index contributed by atoms with van der Waals surface area (Å²) in [6, 6.07) is 10.7. The van der Waals surface area contributed by atoms with Gasteiger partial charge in [-0.05, 0) is 31.4 Å². The van der Waals surface area contributed by atoms with Crippen LogP contribution in [0.1, 0.15) is 29.6 Å². The minimum atomic E-state index is 0. The summed E-state index contributed by atoms with van der Waals surface area (Å²) in [5, 5.41) is 3.60. The number of rotatable bonds is 1. The number of nitrogens with zero attached hydrogens (tertiary/aromatic N) is 1. The molecule has 0 saturated carbocycles. The van der Waals surface area contributed by atoms with Gasteiger partial charge >= 0.3 is 0 Å². The van der Waals surface area contributed by atoms with E-state index in [0.29, 0.717) is 12.1 Å². The van der Waals surface area contributed by atoms with E-state index in [1.54, 1.807) is 0 Å². The molecule has 2 bridgehead atoms. The van der Waals surface area contributed by atoms with Gasteiger partial charge in [0.05, 0.1) is 0 Å². The second-order valence-electron chi connectivity index (χ2n) is 5.04. The molecule has 1 N–H and O–H groups in total. The van der Waals surface area contributed by atoms with Crippen LogP contribution in [0.2, 0.25) is 0 Å². The van der Waals surface area contributed by atoms with E-state index < -0.39 is 0 Å². The highest BCUT2D eigenvalue weighted by Gasteiger charge is 2.31. The van der Waals surface area contributed by atoms with E-state index in [1.807, 2.05) is 35.2 Å². The van der Waals surface area contributed by atoms with Crippen molar-refractivity contribution in [2.24, 2.45) is 0 Å². The van der Waals surface area contributed by atoms with Gasteiger partial charge in [-0.2, -0.15) is 0 Å². The highest BCUT2D eigenvalue weighted by Crippen LogP contribution is 2.21. The molecule has 3 nitrogen and oxygen atoms in total. The van der Waals surface area contributed by atoms with Crippen molar-refractivity contribution in [2.75, 3.05) is 13.1 Å². The molecule has 18 heavy (non-hydrogen) atoms. The Morgan fingerprint density at radius 3 is 2.61 bits per heavy atom. The largest absolute Gasteiger partial charge is 0.337 e. The summed E-state index contributed by atoms with van der Waals surface area (Å²) in [7, 11) is 0. The van der Waals surface area contributed by atoms with Crippen molar-refractivity contribution in [1.82, 2.24) is 10.2 Å². The number of likely N-dealkylation sites (tertiary alicyclic amines) is 1. The first kappa shape index (κ1) is 13.4. The standard InChI is InChI=1S/C14H18N2O.ClH/c17-14(11-4-2-1-3-5-11)16-9-8-12-6-7-13(10-16)15-12;/h1-5,12-13,15H,6-10H2;1H. The zero-order chi connectivity index (χ0) is 11.7. The maximum Gasteiger partial charge on any atom is 0.253 e. The summed E-state index contributed by atoms with van der Waals surface area (Å²) in [6.07, 6.45) is 3.58. The number of carbonyl (C=O) groups excluding carboxylic acids is 1. The number of amides is 1. The molecule has 2 fully saturated rings. The van der Waals surface area contributed by atoms with Gasteiger partial charge in [0.2, 0.25) is 0 Å². The molecule has 0 radical (unpaired) electrons. The third kappa shape index (κ3) is 2.68. The first-order valence-corrected chi connectivity index (χ1v) is 6.43. The van der Waals surface area contributed by atoms with Gasteiger partial charge in [0.25, 0.3) is 5.91 Å². The van der Waals surface area contributed by atoms with Crippen LogP contribution in [0.25, 0.3) is 0 Å². The van der Waals surface area contributed by atoms with Crippen molar-refractivity contribution in [2.45, 2.75) is 31.3 Å². The lowest BCUT2D eigenvalue weighted by Crippen LogP contribution is -2.39. The Bertz CT molecular complexity index is 410. The van der Waals surface area contributed by atoms with E-state index in [2.05, 4.69) is 5.32 Å². The zero-order valence-electron chi connectivity index (χ0n) is 10.3. The van der Waals surface area contributed by atoms with Crippen LogP contribution < -0.4 is 5.32 Å². The Kier molecular flexibility index (Phi) is 4.25. The van der Waals surface area contributed by atoms with Crippen LogP contribution >= 0.6 is 12.4 Å². The van der Waals surface area contributed by atoms with E-state index in [-0.39, 0.29) is 18.3 Å². The minimum Gasteiger partial charge on any atom is -0.337 e. The van der Waals surface area contributed by atoms with Gasteiger partial charge in [-0.3, -0.25) is 4.79 Å². The fraction of sp³-hybridized carbons (Fsp3) is 0.500.